The lowest BCUT2D eigenvalue weighted by Crippen LogP contribution is -2.60. The fourth-order valence-electron chi connectivity index (χ4n) is 3.76. The number of thioether (sulfide) groups is 1. The number of hydrogen-bond acceptors (Lipinski definition) is 7. The monoisotopic (exact) mass is 480 g/mol. The number of esters is 1. The molecule has 0 bridgehead atoms. The van der Waals surface area contributed by atoms with Crippen LogP contribution in [0.2, 0.25) is 0 Å². The second-order valence-electron chi connectivity index (χ2n) is 7.89. The normalized spacial score (nSPS) is 24.5. The predicted molar refractivity (Wildman–Crippen MR) is 129 cm³/mol. The van der Waals surface area contributed by atoms with E-state index < -0.39 is 35.8 Å². The second-order valence-corrected chi connectivity index (χ2v) is 9.06. The summed E-state index contributed by atoms with van der Waals surface area (Å²) in [6.45, 7) is 0.561. The van der Waals surface area contributed by atoms with Crippen LogP contribution in [0.1, 0.15) is 11.1 Å². The third kappa shape index (κ3) is 6.25. The summed E-state index contributed by atoms with van der Waals surface area (Å²) >= 11 is 1.42. The van der Waals surface area contributed by atoms with E-state index in [4.69, 9.17) is 18.9 Å². The van der Waals surface area contributed by atoms with Gasteiger partial charge in [0.1, 0.15) is 23.7 Å². The Hall–Kier alpha value is -2.68. The number of benzene rings is 3. The third-order valence-corrected chi connectivity index (χ3v) is 6.68. The second kappa shape index (κ2) is 12.1. The minimum Gasteiger partial charge on any atom is -0.467 e. The summed E-state index contributed by atoms with van der Waals surface area (Å²) in [7, 11) is 1.27. The van der Waals surface area contributed by atoms with Crippen LogP contribution in [0.3, 0.4) is 0 Å². The summed E-state index contributed by atoms with van der Waals surface area (Å²) < 4.78 is 23.5. The van der Waals surface area contributed by atoms with Crippen molar-refractivity contribution in [3.8, 4) is 0 Å². The molecule has 3 aromatic carbocycles. The Morgan fingerprint density at radius 1 is 0.824 bits per heavy atom. The van der Waals surface area contributed by atoms with Crippen LogP contribution in [0.15, 0.2) is 95.9 Å². The van der Waals surface area contributed by atoms with Crippen molar-refractivity contribution in [2.45, 2.75) is 48.0 Å². The molecule has 3 aromatic rings. The van der Waals surface area contributed by atoms with Gasteiger partial charge in [-0.2, -0.15) is 0 Å². The van der Waals surface area contributed by atoms with Crippen molar-refractivity contribution in [3.05, 3.63) is 102 Å². The molecule has 6 nitrogen and oxygen atoms in total. The fourth-order valence-corrected chi connectivity index (χ4v) is 4.89. The van der Waals surface area contributed by atoms with E-state index >= 15 is 0 Å². The first-order valence-electron chi connectivity index (χ1n) is 11.1. The van der Waals surface area contributed by atoms with Gasteiger partial charge in [-0.3, -0.25) is 0 Å². The third-order valence-electron chi connectivity index (χ3n) is 5.52. The summed E-state index contributed by atoms with van der Waals surface area (Å²) in [5.41, 5.74) is 1.32. The van der Waals surface area contributed by atoms with Crippen molar-refractivity contribution in [2.75, 3.05) is 7.11 Å². The van der Waals surface area contributed by atoms with Gasteiger partial charge in [-0.05, 0) is 23.3 Å². The van der Waals surface area contributed by atoms with Gasteiger partial charge >= 0.3 is 5.97 Å². The molecule has 1 saturated heterocycles. The molecule has 7 heteroatoms. The van der Waals surface area contributed by atoms with E-state index in [0.29, 0.717) is 6.61 Å². The molecule has 1 heterocycles. The molecule has 4 rings (SSSR count). The smallest absolute Gasteiger partial charge is 0.337 e. The minimum absolute atomic E-state index is 0.254. The number of methoxy groups -OCH3 is 1. The minimum atomic E-state index is -1.26. The van der Waals surface area contributed by atoms with E-state index in [1.54, 1.807) is 0 Å². The highest BCUT2D eigenvalue weighted by Crippen LogP contribution is 2.37. The molecule has 1 aliphatic rings. The van der Waals surface area contributed by atoms with Gasteiger partial charge in [0.05, 0.1) is 20.3 Å². The van der Waals surface area contributed by atoms with Crippen molar-refractivity contribution in [1.29, 1.82) is 0 Å². The number of ether oxygens (including phenoxy) is 4. The summed E-state index contributed by atoms with van der Waals surface area (Å²) in [6, 6.07) is 29.1. The average Bonchev–Trinajstić information content (AvgIpc) is 2.89. The Balaban J connectivity index is 1.61. The maximum Gasteiger partial charge on any atom is 0.337 e. The Morgan fingerprint density at radius 2 is 1.32 bits per heavy atom. The average molecular weight is 481 g/mol. The van der Waals surface area contributed by atoms with Crippen LogP contribution >= 0.6 is 11.8 Å². The van der Waals surface area contributed by atoms with Crippen LogP contribution in [-0.2, 0) is 37.0 Å². The molecule has 0 spiro atoms. The van der Waals surface area contributed by atoms with E-state index in [1.165, 1.54) is 18.9 Å². The lowest BCUT2D eigenvalue weighted by Gasteiger charge is -2.43. The summed E-state index contributed by atoms with van der Waals surface area (Å²) in [5.74, 6) is -0.652. The van der Waals surface area contributed by atoms with Crippen molar-refractivity contribution in [2.24, 2.45) is 0 Å². The summed E-state index contributed by atoms with van der Waals surface area (Å²) in [4.78, 5) is 13.4. The van der Waals surface area contributed by atoms with Crippen molar-refractivity contribution >= 4 is 17.7 Å². The largest absolute Gasteiger partial charge is 0.467 e. The number of rotatable bonds is 9. The first-order chi connectivity index (χ1) is 16.7. The zero-order chi connectivity index (χ0) is 23.8. The molecule has 1 N–H and O–H groups in total. The molecular weight excluding hydrogens is 452 g/mol. The molecule has 178 valence electrons. The van der Waals surface area contributed by atoms with Gasteiger partial charge in [0.2, 0.25) is 0 Å². The lowest BCUT2D eigenvalue weighted by atomic mass is 9.99. The fraction of sp³-hybridized carbons (Fsp3) is 0.296. The van der Waals surface area contributed by atoms with Gasteiger partial charge < -0.3 is 24.1 Å². The van der Waals surface area contributed by atoms with Gasteiger partial charge in [0.25, 0.3) is 0 Å². The summed E-state index contributed by atoms with van der Waals surface area (Å²) in [5, 5.41) is 11.1. The lowest BCUT2D eigenvalue weighted by molar-refractivity contribution is -0.236. The SMILES string of the molecule is COC(=O)[C@H]1O[C@@H](Sc2ccccc2)[C@H](OCc2ccccc2)[C@@H](OCc2ccccc2)[C@H]1O. The Bertz CT molecular complexity index is 1020. The highest BCUT2D eigenvalue weighted by atomic mass is 32.2. The molecule has 1 aliphatic heterocycles. The zero-order valence-electron chi connectivity index (χ0n) is 18.9. The Kier molecular flexibility index (Phi) is 8.73. The van der Waals surface area contributed by atoms with E-state index in [1.807, 2.05) is 91.0 Å². The molecule has 0 aromatic heterocycles. The highest BCUT2D eigenvalue weighted by molar-refractivity contribution is 7.99. The van der Waals surface area contributed by atoms with Crippen molar-refractivity contribution in [1.82, 2.24) is 0 Å². The first-order valence-corrected chi connectivity index (χ1v) is 12.0. The van der Waals surface area contributed by atoms with Gasteiger partial charge in [0, 0.05) is 4.90 Å². The molecule has 0 amide bonds. The molecule has 0 aliphatic carbocycles. The van der Waals surface area contributed by atoms with Gasteiger partial charge in [0.15, 0.2) is 6.10 Å². The van der Waals surface area contributed by atoms with Crippen LogP contribution in [0.25, 0.3) is 0 Å². The van der Waals surface area contributed by atoms with Crippen molar-refractivity contribution < 1.29 is 28.8 Å². The molecule has 0 saturated carbocycles. The number of aliphatic hydroxyl groups is 1. The van der Waals surface area contributed by atoms with Crippen LogP contribution < -0.4 is 0 Å². The van der Waals surface area contributed by atoms with Crippen molar-refractivity contribution in [3.63, 3.8) is 0 Å². The van der Waals surface area contributed by atoms with Crippen LogP contribution in [0.5, 0.6) is 0 Å². The molecular formula is C27H28O6S. The van der Waals surface area contributed by atoms with Gasteiger partial charge in [-0.25, -0.2) is 4.79 Å². The van der Waals surface area contributed by atoms with Crippen LogP contribution in [0.4, 0.5) is 0 Å². The molecule has 34 heavy (non-hydrogen) atoms. The summed E-state index contributed by atoms with van der Waals surface area (Å²) in [6.07, 6.45) is -3.92. The number of aliphatic hydroxyl groups excluding tert-OH is 1. The van der Waals surface area contributed by atoms with E-state index in [0.717, 1.165) is 16.0 Å². The van der Waals surface area contributed by atoms with E-state index in [9.17, 15) is 9.90 Å². The first kappa shape index (κ1) is 24.4. The number of carbonyl (C=O) groups excluding carboxylic acids is 1. The van der Waals surface area contributed by atoms with Gasteiger partial charge in [-0.1, -0.05) is 90.6 Å². The van der Waals surface area contributed by atoms with Crippen LogP contribution in [0, 0.1) is 0 Å². The highest BCUT2D eigenvalue weighted by Gasteiger charge is 2.50. The number of carbonyl (C=O) groups is 1. The Morgan fingerprint density at radius 3 is 1.85 bits per heavy atom. The molecule has 0 radical (unpaired) electrons. The van der Waals surface area contributed by atoms with Gasteiger partial charge in [-0.15, -0.1) is 0 Å². The maximum atomic E-state index is 12.5. The molecule has 1 fully saturated rings. The van der Waals surface area contributed by atoms with E-state index in [-0.39, 0.29) is 6.61 Å². The standard InChI is InChI=1S/C27H28O6S/c1-30-26(29)24-22(28)23(31-17-19-11-5-2-6-12-19)25(32-18-20-13-7-3-8-14-20)27(33-24)34-21-15-9-4-10-16-21/h2-16,22-25,27-28H,17-18H2,1H3/t22-,23+,24+,25-,27+/m1/s1. The van der Waals surface area contributed by atoms with Crippen LogP contribution in [-0.4, -0.2) is 48.0 Å². The predicted octanol–water partition coefficient (Wildman–Crippen LogP) is 4.21. The maximum absolute atomic E-state index is 12.5. The molecule has 5 atom stereocenters. The zero-order valence-corrected chi connectivity index (χ0v) is 19.7. The number of hydrogen-bond donors (Lipinski definition) is 1. The van der Waals surface area contributed by atoms with E-state index in [2.05, 4.69) is 0 Å². The topological polar surface area (TPSA) is 74.2 Å². The quantitative estimate of drug-likeness (QED) is 0.460. The molecule has 0 unspecified atom stereocenters. The Labute approximate surface area is 203 Å².